The summed E-state index contributed by atoms with van der Waals surface area (Å²) >= 11 is 0. The minimum absolute atomic E-state index is 0.767. The molecule has 1 rings (SSSR count). The Balaban J connectivity index is 2.29. The molecule has 0 aromatic carbocycles. The molecule has 1 aliphatic heterocycles. The van der Waals surface area contributed by atoms with Gasteiger partial charge in [-0.25, -0.2) is 0 Å². The molecule has 4 nitrogen and oxygen atoms in total. The van der Waals surface area contributed by atoms with Crippen molar-refractivity contribution in [1.82, 2.24) is 15.5 Å². The second-order valence-corrected chi connectivity index (χ2v) is 5.25. The molecule has 4 heteroatoms. The maximum absolute atomic E-state index is 4.71. The Morgan fingerprint density at radius 1 is 1.22 bits per heavy atom. The zero-order valence-corrected chi connectivity index (χ0v) is 12.3. The van der Waals surface area contributed by atoms with E-state index in [1.165, 1.54) is 38.8 Å². The van der Waals surface area contributed by atoms with Crippen LogP contribution < -0.4 is 10.6 Å². The molecular weight excluding hydrogens is 224 g/mol. The maximum Gasteiger partial charge on any atom is 0.191 e. The zero-order chi connectivity index (χ0) is 13.2. The van der Waals surface area contributed by atoms with E-state index >= 15 is 0 Å². The largest absolute Gasteiger partial charge is 0.357 e. The first-order chi connectivity index (χ1) is 8.76. The molecule has 0 unspecified atom stereocenters. The average molecular weight is 254 g/mol. The maximum atomic E-state index is 4.71. The van der Waals surface area contributed by atoms with Gasteiger partial charge in [-0.05, 0) is 52.2 Å². The van der Waals surface area contributed by atoms with E-state index in [0.717, 1.165) is 31.5 Å². The van der Waals surface area contributed by atoms with E-state index in [2.05, 4.69) is 36.4 Å². The average Bonchev–Trinajstić information content (AvgIpc) is 2.38. The van der Waals surface area contributed by atoms with Crippen LogP contribution in [0, 0.1) is 5.92 Å². The standard InChI is InChI=1S/C14H30N4/c1-4-6-9-16-14(15-5-2)17-12-13-7-10-18(3)11-8-13/h13H,4-12H2,1-3H3,(H2,15,16,17). The third-order valence-corrected chi connectivity index (χ3v) is 3.51. The lowest BCUT2D eigenvalue weighted by Gasteiger charge is -2.28. The van der Waals surface area contributed by atoms with Gasteiger partial charge in [0.05, 0.1) is 0 Å². The molecule has 0 spiro atoms. The van der Waals surface area contributed by atoms with Gasteiger partial charge in [-0.3, -0.25) is 4.99 Å². The van der Waals surface area contributed by atoms with Crippen LogP contribution in [0.15, 0.2) is 4.99 Å². The molecule has 18 heavy (non-hydrogen) atoms. The Morgan fingerprint density at radius 3 is 2.56 bits per heavy atom. The molecule has 1 fully saturated rings. The number of hydrogen-bond donors (Lipinski definition) is 2. The van der Waals surface area contributed by atoms with Crippen molar-refractivity contribution < 1.29 is 0 Å². The third-order valence-electron chi connectivity index (χ3n) is 3.51. The van der Waals surface area contributed by atoms with Crippen LogP contribution in [0.1, 0.15) is 39.5 Å². The van der Waals surface area contributed by atoms with Crippen molar-refractivity contribution in [2.75, 3.05) is 39.8 Å². The van der Waals surface area contributed by atoms with Crippen molar-refractivity contribution in [2.45, 2.75) is 39.5 Å². The minimum atomic E-state index is 0.767. The monoisotopic (exact) mass is 254 g/mol. The number of rotatable bonds is 6. The van der Waals surface area contributed by atoms with Crippen LogP contribution >= 0.6 is 0 Å². The smallest absolute Gasteiger partial charge is 0.191 e. The van der Waals surface area contributed by atoms with E-state index < -0.39 is 0 Å². The molecule has 2 N–H and O–H groups in total. The molecule has 0 aliphatic carbocycles. The molecule has 1 heterocycles. The Hall–Kier alpha value is -0.770. The Morgan fingerprint density at radius 2 is 1.94 bits per heavy atom. The summed E-state index contributed by atoms with van der Waals surface area (Å²) in [7, 11) is 2.20. The lowest BCUT2D eigenvalue weighted by Crippen LogP contribution is -2.38. The lowest BCUT2D eigenvalue weighted by atomic mass is 9.97. The van der Waals surface area contributed by atoms with Gasteiger partial charge in [-0.15, -0.1) is 0 Å². The summed E-state index contributed by atoms with van der Waals surface area (Å²) in [5.74, 6) is 1.76. The summed E-state index contributed by atoms with van der Waals surface area (Å²) in [6.07, 6.45) is 5.00. The summed E-state index contributed by atoms with van der Waals surface area (Å²) in [4.78, 5) is 7.12. The van der Waals surface area contributed by atoms with E-state index in [1.54, 1.807) is 0 Å². The van der Waals surface area contributed by atoms with Gasteiger partial charge in [0.1, 0.15) is 0 Å². The van der Waals surface area contributed by atoms with Gasteiger partial charge in [0.15, 0.2) is 5.96 Å². The molecule has 1 saturated heterocycles. The van der Waals surface area contributed by atoms with Gasteiger partial charge in [-0.2, -0.15) is 0 Å². The SMILES string of the molecule is CCCCNC(=NCC1CCN(C)CC1)NCC. The van der Waals surface area contributed by atoms with E-state index in [4.69, 9.17) is 4.99 Å². The van der Waals surface area contributed by atoms with Gasteiger partial charge in [0.25, 0.3) is 0 Å². The van der Waals surface area contributed by atoms with E-state index in [-0.39, 0.29) is 0 Å². The topological polar surface area (TPSA) is 39.7 Å². The molecule has 0 saturated carbocycles. The van der Waals surface area contributed by atoms with Crippen LogP contribution in [-0.2, 0) is 0 Å². The van der Waals surface area contributed by atoms with Gasteiger partial charge >= 0.3 is 0 Å². The zero-order valence-electron chi connectivity index (χ0n) is 12.3. The fourth-order valence-electron chi connectivity index (χ4n) is 2.19. The van der Waals surface area contributed by atoms with Crippen LogP contribution in [0.2, 0.25) is 0 Å². The summed E-state index contributed by atoms with van der Waals surface area (Å²) in [5, 5.41) is 6.72. The molecule has 0 aromatic rings. The van der Waals surface area contributed by atoms with Crippen molar-refractivity contribution in [3.63, 3.8) is 0 Å². The Kier molecular flexibility index (Phi) is 7.81. The summed E-state index contributed by atoms with van der Waals surface area (Å²) in [5.41, 5.74) is 0. The fraction of sp³-hybridized carbons (Fsp3) is 0.929. The summed E-state index contributed by atoms with van der Waals surface area (Å²) in [6.45, 7) is 9.70. The number of unbranched alkanes of at least 4 members (excludes halogenated alkanes) is 1. The van der Waals surface area contributed by atoms with Crippen molar-refractivity contribution in [2.24, 2.45) is 10.9 Å². The molecule has 1 aliphatic rings. The molecule has 0 atom stereocenters. The molecule has 0 aromatic heterocycles. The highest BCUT2D eigenvalue weighted by Gasteiger charge is 2.16. The van der Waals surface area contributed by atoms with Gasteiger partial charge in [0, 0.05) is 19.6 Å². The molecule has 106 valence electrons. The first kappa shape index (κ1) is 15.3. The van der Waals surface area contributed by atoms with Gasteiger partial charge in [0.2, 0.25) is 0 Å². The van der Waals surface area contributed by atoms with Crippen molar-refractivity contribution in [1.29, 1.82) is 0 Å². The highest BCUT2D eigenvalue weighted by Crippen LogP contribution is 2.15. The predicted molar refractivity (Wildman–Crippen MR) is 79.1 cm³/mol. The van der Waals surface area contributed by atoms with Crippen LogP contribution in [0.25, 0.3) is 0 Å². The molecule has 0 radical (unpaired) electrons. The van der Waals surface area contributed by atoms with E-state index in [0.29, 0.717) is 0 Å². The number of likely N-dealkylation sites (tertiary alicyclic amines) is 1. The number of guanidine groups is 1. The summed E-state index contributed by atoms with van der Waals surface area (Å²) in [6, 6.07) is 0. The van der Waals surface area contributed by atoms with Crippen molar-refractivity contribution in [3.05, 3.63) is 0 Å². The molecule has 0 bridgehead atoms. The van der Waals surface area contributed by atoms with Crippen molar-refractivity contribution >= 4 is 5.96 Å². The molecule has 0 amide bonds. The highest BCUT2D eigenvalue weighted by atomic mass is 15.2. The second kappa shape index (κ2) is 9.20. The van der Waals surface area contributed by atoms with E-state index in [9.17, 15) is 0 Å². The Labute approximate surface area is 112 Å². The van der Waals surface area contributed by atoms with E-state index in [1.807, 2.05) is 0 Å². The van der Waals surface area contributed by atoms with Gasteiger partial charge < -0.3 is 15.5 Å². The predicted octanol–water partition coefficient (Wildman–Crippen LogP) is 1.68. The summed E-state index contributed by atoms with van der Waals surface area (Å²) < 4.78 is 0. The second-order valence-electron chi connectivity index (χ2n) is 5.25. The normalized spacial score (nSPS) is 18.9. The third kappa shape index (κ3) is 6.24. The number of hydrogen-bond acceptors (Lipinski definition) is 2. The van der Waals surface area contributed by atoms with Gasteiger partial charge in [-0.1, -0.05) is 13.3 Å². The number of piperidine rings is 1. The minimum Gasteiger partial charge on any atom is -0.357 e. The number of aliphatic imine (C=N–C) groups is 1. The fourth-order valence-corrected chi connectivity index (χ4v) is 2.19. The van der Waals surface area contributed by atoms with Crippen molar-refractivity contribution in [3.8, 4) is 0 Å². The Bertz CT molecular complexity index is 232. The lowest BCUT2D eigenvalue weighted by molar-refractivity contribution is 0.223. The first-order valence-electron chi connectivity index (χ1n) is 7.47. The van der Waals surface area contributed by atoms with Crippen LogP contribution in [0.5, 0.6) is 0 Å². The molecular formula is C14H30N4. The number of nitrogens with one attached hydrogen (secondary N) is 2. The van der Waals surface area contributed by atoms with Crippen LogP contribution in [0.3, 0.4) is 0 Å². The van der Waals surface area contributed by atoms with Crippen LogP contribution in [0.4, 0.5) is 0 Å². The quantitative estimate of drug-likeness (QED) is 0.430. The number of nitrogens with zero attached hydrogens (tertiary/aromatic N) is 2. The first-order valence-corrected chi connectivity index (χ1v) is 7.47. The van der Waals surface area contributed by atoms with Crippen LogP contribution in [-0.4, -0.2) is 50.6 Å². The highest BCUT2D eigenvalue weighted by molar-refractivity contribution is 5.79.